The van der Waals surface area contributed by atoms with Gasteiger partial charge in [-0.1, -0.05) is 30.2 Å². The van der Waals surface area contributed by atoms with Crippen LogP contribution < -0.4 is 4.90 Å². The lowest BCUT2D eigenvalue weighted by atomic mass is 10.00. The molecule has 3 aromatic rings. The highest BCUT2D eigenvalue weighted by molar-refractivity contribution is 6.30. The van der Waals surface area contributed by atoms with Crippen molar-refractivity contribution in [3.8, 4) is 0 Å². The lowest BCUT2D eigenvalue weighted by molar-refractivity contribution is 0.141. The van der Waals surface area contributed by atoms with Gasteiger partial charge in [0.25, 0.3) is 0 Å². The minimum Gasteiger partial charge on any atom is -0.356 e. The van der Waals surface area contributed by atoms with Crippen LogP contribution in [0.5, 0.6) is 0 Å². The van der Waals surface area contributed by atoms with Crippen LogP contribution in [-0.4, -0.2) is 51.7 Å². The van der Waals surface area contributed by atoms with Crippen molar-refractivity contribution in [1.82, 2.24) is 19.4 Å². The van der Waals surface area contributed by atoms with Crippen LogP contribution in [0, 0.1) is 0 Å². The Morgan fingerprint density at radius 1 is 0.897 bits per heavy atom. The van der Waals surface area contributed by atoms with Crippen LogP contribution in [0.3, 0.4) is 0 Å². The molecule has 2 saturated heterocycles. The Morgan fingerprint density at radius 3 is 2.41 bits per heavy atom. The number of piperidine rings is 2. The molecule has 0 aliphatic carbocycles. The van der Waals surface area contributed by atoms with E-state index in [4.69, 9.17) is 11.6 Å². The lowest BCUT2D eigenvalue weighted by Gasteiger charge is -2.40. The maximum absolute atomic E-state index is 6.02. The SMILES string of the molecule is Clc1ccc(Cn2ccc3c(N4CCC(N5CCCCC5)CC4)ncnc32)cc1. The van der Waals surface area contributed by atoms with Crippen molar-refractivity contribution in [1.29, 1.82) is 0 Å². The highest BCUT2D eigenvalue weighted by atomic mass is 35.5. The molecule has 0 bridgehead atoms. The Morgan fingerprint density at radius 2 is 1.66 bits per heavy atom. The van der Waals surface area contributed by atoms with E-state index in [1.165, 1.54) is 50.8 Å². The Hall–Kier alpha value is -2.11. The van der Waals surface area contributed by atoms with Gasteiger partial charge in [-0.3, -0.25) is 0 Å². The molecule has 0 radical (unpaired) electrons. The second kappa shape index (κ2) is 8.33. The third-order valence-corrected chi connectivity index (χ3v) is 6.72. The molecule has 5 nitrogen and oxygen atoms in total. The minimum atomic E-state index is 0.749. The first-order valence-electron chi connectivity index (χ1n) is 10.8. The summed E-state index contributed by atoms with van der Waals surface area (Å²) in [6, 6.07) is 10.9. The molecule has 29 heavy (non-hydrogen) atoms. The van der Waals surface area contributed by atoms with Gasteiger partial charge in [0, 0.05) is 36.9 Å². The van der Waals surface area contributed by atoms with Crippen LogP contribution in [0.15, 0.2) is 42.9 Å². The zero-order chi connectivity index (χ0) is 19.6. The van der Waals surface area contributed by atoms with Crippen LogP contribution in [0.1, 0.15) is 37.7 Å². The Kier molecular flexibility index (Phi) is 5.42. The number of hydrogen-bond acceptors (Lipinski definition) is 4. The highest BCUT2D eigenvalue weighted by Crippen LogP contribution is 2.29. The maximum Gasteiger partial charge on any atom is 0.145 e. The highest BCUT2D eigenvalue weighted by Gasteiger charge is 2.27. The smallest absolute Gasteiger partial charge is 0.145 e. The molecule has 4 heterocycles. The van der Waals surface area contributed by atoms with Gasteiger partial charge in [-0.2, -0.15) is 0 Å². The van der Waals surface area contributed by atoms with Crippen LogP contribution in [-0.2, 0) is 6.54 Å². The van der Waals surface area contributed by atoms with E-state index in [2.05, 4.69) is 48.7 Å². The molecule has 5 rings (SSSR count). The van der Waals surface area contributed by atoms with E-state index < -0.39 is 0 Å². The largest absolute Gasteiger partial charge is 0.356 e. The number of nitrogens with zero attached hydrogens (tertiary/aromatic N) is 5. The van der Waals surface area contributed by atoms with Gasteiger partial charge in [-0.25, -0.2) is 9.97 Å². The number of halogens is 1. The second-order valence-electron chi connectivity index (χ2n) is 8.32. The first-order chi connectivity index (χ1) is 14.3. The molecular weight excluding hydrogens is 382 g/mol. The van der Waals surface area contributed by atoms with E-state index in [-0.39, 0.29) is 0 Å². The van der Waals surface area contributed by atoms with Gasteiger partial charge in [0.15, 0.2) is 0 Å². The quantitative estimate of drug-likeness (QED) is 0.631. The normalized spacial score (nSPS) is 19.1. The molecule has 6 heteroatoms. The fraction of sp³-hybridized carbons (Fsp3) is 0.478. The summed E-state index contributed by atoms with van der Waals surface area (Å²) < 4.78 is 2.20. The summed E-state index contributed by atoms with van der Waals surface area (Å²) in [4.78, 5) is 14.4. The average molecular weight is 410 g/mol. The van der Waals surface area contributed by atoms with Gasteiger partial charge in [-0.05, 0) is 62.5 Å². The molecule has 0 amide bonds. The first kappa shape index (κ1) is 18.9. The van der Waals surface area contributed by atoms with Crippen LogP contribution >= 0.6 is 11.6 Å². The topological polar surface area (TPSA) is 37.2 Å². The first-order valence-corrected chi connectivity index (χ1v) is 11.2. The number of fused-ring (bicyclic) bond motifs is 1. The monoisotopic (exact) mass is 409 g/mol. The zero-order valence-electron chi connectivity index (χ0n) is 16.8. The van der Waals surface area contributed by atoms with Crippen LogP contribution in [0.2, 0.25) is 5.02 Å². The maximum atomic E-state index is 6.02. The predicted octanol–water partition coefficient (Wildman–Crippen LogP) is 4.59. The van der Waals surface area contributed by atoms with E-state index in [0.717, 1.165) is 47.6 Å². The number of anilines is 1. The third-order valence-electron chi connectivity index (χ3n) is 6.47. The molecule has 2 aliphatic heterocycles. The molecule has 0 unspecified atom stereocenters. The van der Waals surface area contributed by atoms with Gasteiger partial charge in [0.2, 0.25) is 0 Å². The molecule has 2 aliphatic rings. The molecule has 1 aromatic carbocycles. The van der Waals surface area contributed by atoms with E-state index in [9.17, 15) is 0 Å². The minimum absolute atomic E-state index is 0.749. The van der Waals surface area contributed by atoms with E-state index in [1.54, 1.807) is 6.33 Å². The van der Waals surface area contributed by atoms with Crippen molar-refractivity contribution >= 4 is 28.5 Å². The molecule has 152 valence electrons. The summed E-state index contributed by atoms with van der Waals surface area (Å²) in [7, 11) is 0. The Balaban J connectivity index is 1.32. The number of hydrogen-bond donors (Lipinski definition) is 0. The molecule has 0 atom stereocenters. The van der Waals surface area contributed by atoms with Gasteiger partial charge in [0.05, 0.1) is 5.39 Å². The fourth-order valence-corrected chi connectivity index (χ4v) is 5.01. The molecular formula is C23H28ClN5. The third kappa shape index (κ3) is 3.99. The Bertz CT molecular complexity index is 953. The van der Waals surface area contributed by atoms with Crippen LogP contribution in [0.25, 0.3) is 11.0 Å². The number of aromatic nitrogens is 3. The van der Waals surface area contributed by atoms with Crippen molar-refractivity contribution in [2.24, 2.45) is 0 Å². The van der Waals surface area contributed by atoms with Crippen molar-refractivity contribution in [3.63, 3.8) is 0 Å². The lowest BCUT2D eigenvalue weighted by Crippen LogP contribution is -2.47. The van der Waals surface area contributed by atoms with Crippen molar-refractivity contribution < 1.29 is 0 Å². The van der Waals surface area contributed by atoms with E-state index in [0.29, 0.717) is 0 Å². The van der Waals surface area contributed by atoms with Crippen molar-refractivity contribution in [2.75, 3.05) is 31.1 Å². The molecule has 0 saturated carbocycles. The summed E-state index contributed by atoms with van der Waals surface area (Å²) in [6.45, 7) is 5.52. The Labute approximate surface area is 177 Å². The molecule has 0 N–H and O–H groups in total. The van der Waals surface area contributed by atoms with E-state index >= 15 is 0 Å². The standard InChI is InChI=1S/C23H28ClN5/c24-19-6-4-18(5-7-19)16-29-15-10-21-22(25-17-26-23(21)29)28-13-8-20(9-14-28)27-11-2-1-3-12-27/h4-7,10,15,17,20H,1-3,8-9,11-14,16H2. The summed E-state index contributed by atoms with van der Waals surface area (Å²) in [5.74, 6) is 1.09. The molecule has 2 fully saturated rings. The predicted molar refractivity (Wildman–Crippen MR) is 119 cm³/mol. The summed E-state index contributed by atoms with van der Waals surface area (Å²) >= 11 is 6.02. The average Bonchev–Trinajstić information content (AvgIpc) is 3.19. The fourth-order valence-electron chi connectivity index (χ4n) is 4.88. The van der Waals surface area contributed by atoms with Crippen molar-refractivity contribution in [2.45, 2.75) is 44.7 Å². The van der Waals surface area contributed by atoms with Crippen molar-refractivity contribution in [3.05, 3.63) is 53.4 Å². The van der Waals surface area contributed by atoms with Gasteiger partial charge < -0.3 is 14.4 Å². The number of benzene rings is 1. The van der Waals surface area contributed by atoms with E-state index in [1.807, 2.05) is 12.1 Å². The number of likely N-dealkylation sites (tertiary alicyclic amines) is 1. The number of rotatable bonds is 4. The second-order valence-corrected chi connectivity index (χ2v) is 8.76. The zero-order valence-corrected chi connectivity index (χ0v) is 17.6. The van der Waals surface area contributed by atoms with Gasteiger partial charge in [0.1, 0.15) is 17.8 Å². The summed E-state index contributed by atoms with van der Waals surface area (Å²) in [5.41, 5.74) is 2.22. The summed E-state index contributed by atoms with van der Waals surface area (Å²) in [5, 5.41) is 1.92. The molecule has 0 spiro atoms. The van der Waals surface area contributed by atoms with Gasteiger partial charge >= 0.3 is 0 Å². The van der Waals surface area contributed by atoms with Crippen LogP contribution in [0.4, 0.5) is 5.82 Å². The molecule has 2 aromatic heterocycles. The summed E-state index contributed by atoms with van der Waals surface area (Å²) in [6.07, 6.45) is 10.4. The van der Waals surface area contributed by atoms with Gasteiger partial charge in [-0.15, -0.1) is 0 Å².